The SMILES string of the molecule is Cc1ccc(S(=O)(=O)OCCc2cnn(C)c2)cc1. The fourth-order valence-electron chi connectivity index (χ4n) is 1.64. The van der Waals surface area contributed by atoms with Crippen molar-refractivity contribution >= 4 is 10.1 Å². The molecule has 0 saturated heterocycles. The molecule has 1 aromatic heterocycles. The Morgan fingerprint density at radius 3 is 2.53 bits per heavy atom. The molecule has 0 spiro atoms. The van der Waals surface area contributed by atoms with E-state index in [0.717, 1.165) is 11.1 Å². The molecule has 0 amide bonds. The molecule has 6 heteroatoms. The minimum absolute atomic E-state index is 0.113. The van der Waals surface area contributed by atoms with Crippen molar-refractivity contribution < 1.29 is 12.6 Å². The molecular weight excluding hydrogens is 264 g/mol. The number of nitrogens with zero attached hydrogens (tertiary/aromatic N) is 2. The third kappa shape index (κ3) is 3.65. The molecule has 2 rings (SSSR count). The number of benzene rings is 1. The second-order valence-corrected chi connectivity index (χ2v) is 5.98. The number of hydrogen-bond acceptors (Lipinski definition) is 4. The van der Waals surface area contributed by atoms with Crippen LogP contribution in [0.1, 0.15) is 11.1 Å². The van der Waals surface area contributed by atoms with Crippen LogP contribution in [0.4, 0.5) is 0 Å². The first-order chi connectivity index (χ1) is 8.97. The van der Waals surface area contributed by atoms with E-state index in [4.69, 9.17) is 4.18 Å². The minimum Gasteiger partial charge on any atom is -0.276 e. The Labute approximate surface area is 113 Å². The highest BCUT2D eigenvalue weighted by Gasteiger charge is 2.14. The summed E-state index contributed by atoms with van der Waals surface area (Å²) >= 11 is 0. The fourth-order valence-corrected chi connectivity index (χ4v) is 2.55. The predicted molar refractivity (Wildman–Crippen MR) is 71.2 cm³/mol. The van der Waals surface area contributed by atoms with E-state index in [1.807, 2.05) is 20.2 Å². The first-order valence-corrected chi connectivity index (χ1v) is 7.32. The van der Waals surface area contributed by atoms with Crippen molar-refractivity contribution in [1.82, 2.24) is 9.78 Å². The molecule has 0 N–H and O–H groups in total. The van der Waals surface area contributed by atoms with Crippen LogP contribution in [-0.4, -0.2) is 24.8 Å². The highest BCUT2D eigenvalue weighted by Crippen LogP contribution is 2.13. The van der Waals surface area contributed by atoms with Crippen LogP contribution in [0.2, 0.25) is 0 Å². The third-order valence-electron chi connectivity index (χ3n) is 2.70. The minimum atomic E-state index is -3.67. The number of hydrogen-bond donors (Lipinski definition) is 0. The molecule has 102 valence electrons. The van der Waals surface area contributed by atoms with Crippen LogP contribution in [0.15, 0.2) is 41.6 Å². The normalized spacial score (nSPS) is 11.7. The van der Waals surface area contributed by atoms with Crippen LogP contribution in [0.5, 0.6) is 0 Å². The van der Waals surface area contributed by atoms with Crippen molar-refractivity contribution in [2.75, 3.05) is 6.61 Å². The van der Waals surface area contributed by atoms with Gasteiger partial charge in [-0.2, -0.15) is 13.5 Å². The first-order valence-electron chi connectivity index (χ1n) is 5.91. The van der Waals surface area contributed by atoms with Crippen molar-refractivity contribution in [3.8, 4) is 0 Å². The van der Waals surface area contributed by atoms with E-state index in [9.17, 15) is 8.42 Å². The zero-order valence-electron chi connectivity index (χ0n) is 10.9. The quantitative estimate of drug-likeness (QED) is 0.782. The molecule has 0 fully saturated rings. The third-order valence-corrected chi connectivity index (χ3v) is 4.02. The summed E-state index contributed by atoms with van der Waals surface area (Å²) < 4.78 is 30.5. The van der Waals surface area contributed by atoms with E-state index in [2.05, 4.69) is 5.10 Å². The van der Waals surface area contributed by atoms with Gasteiger partial charge in [0.05, 0.1) is 17.7 Å². The zero-order chi connectivity index (χ0) is 13.9. The molecule has 0 unspecified atom stereocenters. The lowest BCUT2D eigenvalue weighted by Gasteiger charge is -2.05. The first kappa shape index (κ1) is 13.8. The van der Waals surface area contributed by atoms with Gasteiger partial charge in [0, 0.05) is 19.7 Å². The van der Waals surface area contributed by atoms with E-state index >= 15 is 0 Å². The molecule has 0 aliphatic heterocycles. The molecule has 0 saturated carbocycles. The van der Waals surface area contributed by atoms with Crippen molar-refractivity contribution in [2.24, 2.45) is 7.05 Å². The second kappa shape index (κ2) is 5.54. The van der Waals surface area contributed by atoms with Gasteiger partial charge in [-0.1, -0.05) is 17.7 Å². The molecule has 1 aromatic carbocycles. The molecule has 19 heavy (non-hydrogen) atoms. The van der Waals surface area contributed by atoms with Crippen molar-refractivity contribution in [2.45, 2.75) is 18.2 Å². The topological polar surface area (TPSA) is 61.2 Å². The summed E-state index contributed by atoms with van der Waals surface area (Å²) in [7, 11) is -1.85. The van der Waals surface area contributed by atoms with Crippen molar-refractivity contribution in [1.29, 1.82) is 0 Å². The van der Waals surface area contributed by atoms with Gasteiger partial charge in [0.15, 0.2) is 0 Å². The van der Waals surface area contributed by atoms with Crippen LogP contribution < -0.4 is 0 Å². The van der Waals surface area contributed by atoms with Gasteiger partial charge < -0.3 is 0 Å². The van der Waals surface area contributed by atoms with E-state index in [0.29, 0.717) is 6.42 Å². The lowest BCUT2D eigenvalue weighted by atomic mass is 10.2. The van der Waals surface area contributed by atoms with E-state index in [-0.39, 0.29) is 11.5 Å². The molecule has 0 radical (unpaired) electrons. The summed E-state index contributed by atoms with van der Waals surface area (Å²) in [6.45, 7) is 2.02. The summed E-state index contributed by atoms with van der Waals surface area (Å²) in [5, 5.41) is 4.01. The van der Waals surface area contributed by atoms with E-state index in [1.54, 1.807) is 35.1 Å². The molecular formula is C13H16N2O3S. The Hall–Kier alpha value is -1.66. The number of rotatable bonds is 5. The van der Waals surface area contributed by atoms with Gasteiger partial charge in [-0.05, 0) is 24.6 Å². The van der Waals surface area contributed by atoms with Crippen LogP contribution in [0.3, 0.4) is 0 Å². The summed E-state index contributed by atoms with van der Waals surface area (Å²) in [4.78, 5) is 0.185. The Bertz CT molecular complexity index is 645. The standard InChI is InChI=1S/C13H16N2O3S/c1-11-3-5-13(6-4-11)19(16,17)18-8-7-12-9-14-15(2)10-12/h3-6,9-10H,7-8H2,1-2H3. The van der Waals surface area contributed by atoms with Crippen molar-refractivity contribution in [3.63, 3.8) is 0 Å². The Kier molecular flexibility index (Phi) is 4.01. The summed E-state index contributed by atoms with van der Waals surface area (Å²) in [5.74, 6) is 0. The van der Waals surface area contributed by atoms with Crippen LogP contribution >= 0.6 is 0 Å². The largest absolute Gasteiger partial charge is 0.296 e. The van der Waals surface area contributed by atoms with Crippen molar-refractivity contribution in [3.05, 3.63) is 47.8 Å². The second-order valence-electron chi connectivity index (χ2n) is 4.36. The zero-order valence-corrected chi connectivity index (χ0v) is 11.7. The summed E-state index contributed by atoms with van der Waals surface area (Å²) in [6, 6.07) is 6.60. The van der Waals surface area contributed by atoms with Gasteiger partial charge in [-0.25, -0.2) is 0 Å². The molecule has 0 atom stereocenters. The maximum Gasteiger partial charge on any atom is 0.296 e. The predicted octanol–water partition coefficient (Wildman–Crippen LogP) is 1.68. The number of aromatic nitrogens is 2. The molecule has 5 nitrogen and oxygen atoms in total. The fraction of sp³-hybridized carbons (Fsp3) is 0.308. The summed E-state index contributed by atoms with van der Waals surface area (Å²) in [6.07, 6.45) is 4.04. The molecule has 0 bridgehead atoms. The summed E-state index contributed by atoms with van der Waals surface area (Å²) in [5.41, 5.74) is 1.95. The monoisotopic (exact) mass is 280 g/mol. The maximum absolute atomic E-state index is 11.9. The average Bonchev–Trinajstić information content (AvgIpc) is 2.75. The van der Waals surface area contributed by atoms with Gasteiger partial charge in [-0.3, -0.25) is 8.86 Å². The lowest BCUT2D eigenvalue weighted by Crippen LogP contribution is -2.09. The highest BCUT2D eigenvalue weighted by atomic mass is 32.2. The number of aryl methyl sites for hydroxylation is 2. The highest BCUT2D eigenvalue weighted by molar-refractivity contribution is 7.86. The maximum atomic E-state index is 11.9. The Balaban J connectivity index is 1.96. The van der Waals surface area contributed by atoms with Gasteiger partial charge in [-0.15, -0.1) is 0 Å². The lowest BCUT2D eigenvalue weighted by molar-refractivity contribution is 0.322. The van der Waals surface area contributed by atoms with Gasteiger partial charge >= 0.3 is 0 Å². The van der Waals surface area contributed by atoms with Gasteiger partial charge in [0.1, 0.15) is 0 Å². The van der Waals surface area contributed by atoms with E-state index in [1.165, 1.54) is 0 Å². The van der Waals surface area contributed by atoms with Crippen LogP contribution in [-0.2, 0) is 27.8 Å². The molecule has 1 heterocycles. The average molecular weight is 280 g/mol. The van der Waals surface area contributed by atoms with Crippen LogP contribution in [0.25, 0.3) is 0 Å². The Morgan fingerprint density at radius 1 is 1.26 bits per heavy atom. The smallest absolute Gasteiger partial charge is 0.276 e. The van der Waals surface area contributed by atoms with E-state index < -0.39 is 10.1 Å². The Morgan fingerprint density at radius 2 is 1.95 bits per heavy atom. The van der Waals surface area contributed by atoms with Gasteiger partial charge in [0.25, 0.3) is 10.1 Å². The molecule has 0 aliphatic rings. The molecule has 0 aliphatic carbocycles. The van der Waals surface area contributed by atoms with Crippen LogP contribution in [0, 0.1) is 6.92 Å². The van der Waals surface area contributed by atoms with Gasteiger partial charge in [0.2, 0.25) is 0 Å². The molecule has 2 aromatic rings.